The summed E-state index contributed by atoms with van der Waals surface area (Å²) in [5, 5.41) is 22.7. The molecule has 0 aliphatic heterocycles. The van der Waals surface area contributed by atoms with Crippen molar-refractivity contribution in [3.8, 4) is 11.5 Å². The number of benzene rings is 2. The van der Waals surface area contributed by atoms with Crippen molar-refractivity contribution in [3.63, 3.8) is 0 Å². The topological polar surface area (TPSA) is 131 Å². The number of rotatable bonds is 7. The lowest BCUT2D eigenvalue weighted by Gasteiger charge is -2.16. The molecule has 2 rings (SSSR count). The van der Waals surface area contributed by atoms with Gasteiger partial charge in [0.1, 0.15) is 10.6 Å². The number of carboxylic acid groups (broad SMARTS) is 1. The first-order chi connectivity index (χ1) is 11.7. The van der Waals surface area contributed by atoms with Crippen molar-refractivity contribution in [1.82, 2.24) is 0 Å². The number of ether oxygens (including phenoxy) is 1. The Hall–Kier alpha value is -2.71. The van der Waals surface area contributed by atoms with Crippen LogP contribution >= 0.6 is 0 Å². The number of carboxylic acids is 1. The minimum Gasteiger partial charge on any atom is -0.478 e. The van der Waals surface area contributed by atoms with E-state index in [0.29, 0.717) is 18.6 Å². The molecule has 0 aliphatic rings. The van der Waals surface area contributed by atoms with E-state index in [0.717, 1.165) is 6.07 Å². The number of hydrogen-bond acceptors (Lipinski definition) is 5. The lowest BCUT2D eigenvalue weighted by molar-refractivity contribution is 0.0696. The van der Waals surface area contributed by atoms with E-state index in [1.807, 2.05) is 6.92 Å². The van der Waals surface area contributed by atoms with Crippen LogP contribution in [0.15, 0.2) is 47.4 Å². The molecule has 0 saturated heterocycles. The number of nitrogens with one attached hydrogen (secondary N) is 1. The predicted octanol–water partition coefficient (Wildman–Crippen LogP) is 2.99. The highest BCUT2D eigenvalue weighted by Gasteiger charge is 2.25. The Morgan fingerprint density at radius 1 is 1.24 bits per heavy atom. The molecular formula is C17H18N2O5S. The van der Waals surface area contributed by atoms with Crippen molar-refractivity contribution in [2.45, 2.75) is 24.7 Å². The Morgan fingerprint density at radius 2 is 1.88 bits per heavy atom. The first kappa shape index (κ1) is 18.6. The lowest BCUT2D eigenvalue weighted by atomic mass is 10.0. The molecule has 0 saturated carbocycles. The highest BCUT2D eigenvalue weighted by atomic mass is 32.2. The Morgan fingerprint density at radius 3 is 2.40 bits per heavy atom. The van der Waals surface area contributed by atoms with Gasteiger partial charge in [-0.2, -0.15) is 0 Å². The molecule has 0 amide bonds. The Balaban J connectivity index is 2.75. The van der Waals surface area contributed by atoms with E-state index in [-0.39, 0.29) is 22.6 Å². The van der Waals surface area contributed by atoms with Gasteiger partial charge in [0.15, 0.2) is 5.75 Å². The normalized spacial score (nSPS) is 11.1. The van der Waals surface area contributed by atoms with Crippen LogP contribution in [-0.4, -0.2) is 25.2 Å². The van der Waals surface area contributed by atoms with Crippen LogP contribution in [0.25, 0.3) is 0 Å². The summed E-state index contributed by atoms with van der Waals surface area (Å²) in [5.41, 5.74) is -0.114. The summed E-state index contributed by atoms with van der Waals surface area (Å²) in [7, 11) is -4.27. The van der Waals surface area contributed by atoms with Crippen molar-refractivity contribution in [1.29, 1.82) is 5.41 Å². The van der Waals surface area contributed by atoms with Crippen LogP contribution < -0.4 is 9.88 Å². The summed E-state index contributed by atoms with van der Waals surface area (Å²) in [6.45, 7) is 1.86. The molecule has 0 bridgehead atoms. The molecule has 0 aromatic heterocycles. The number of para-hydroxylation sites is 1. The first-order valence-electron chi connectivity index (χ1n) is 7.49. The highest BCUT2D eigenvalue weighted by molar-refractivity contribution is 7.89. The number of nitrogens with two attached hydrogens (primary N) is 1. The van der Waals surface area contributed by atoms with Gasteiger partial charge in [-0.05, 0) is 30.7 Å². The summed E-state index contributed by atoms with van der Waals surface area (Å²) >= 11 is 0. The van der Waals surface area contributed by atoms with E-state index in [2.05, 4.69) is 0 Å². The quantitative estimate of drug-likeness (QED) is 0.652. The molecule has 2 aromatic carbocycles. The van der Waals surface area contributed by atoms with E-state index >= 15 is 0 Å². The second kappa shape index (κ2) is 7.45. The molecule has 7 nitrogen and oxygen atoms in total. The zero-order chi connectivity index (χ0) is 18.6. The van der Waals surface area contributed by atoms with Crippen LogP contribution in [0.4, 0.5) is 0 Å². The predicted molar refractivity (Wildman–Crippen MR) is 93.0 cm³/mol. The summed E-state index contributed by atoms with van der Waals surface area (Å²) < 4.78 is 29.6. The van der Waals surface area contributed by atoms with Gasteiger partial charge in [-0.15, -0.1) is 0 Å². The molecular weight excluding hydrogens is 344 g/mol. The Labute approximate surface area is 145 Å². The van der Waals surface area contributed by atoms with Gasteiger partial charge in [0.25, 0.3) is 0 Å². The van der Waals surface area contributed by atoms with Gasteiger partial charge in [0.2, 0.25) is 10.0 Å². The second-order valence-electron chi connectivity index (χ2n) is 5.34. The maximum atomic E-state index is 12.0. The van der Waals surface area contributed by atoms with Gasteiger partial charge in [-0.1, -0.05) is 31.5 Å². The van der Waals surface area contributed by atoms with Gasteiger partial charge in [0, 0.05) is 11.3 Å². The molecule has 0 unspecified atom stereocenters. The highest BCUT2D eigenvalue weighted by Crippen LogP contribution is 2.34. The molecule has 25 heavy (non-hydrogen) atoms. The Kier molecular flexibility index (Phi) is 5.55. The third kappa shape index (κ3) is 4.43. The van der Waals surface area contributed by atoms with Gasteiger partial charge < -0.3 is 15.3 Å². The number of carbonyl (C=O) groups is 1. The summed E-state index contributed by atoms with van der Waals surface area (Å²) in [6, 6.07) is 10.6. The molecule has 2 aromatic rings. The zero-order valence-electron chi connectivity index (χ0n) is 13.5. The van der Waals surface area contributed by atoms with Crippen LogP contribution in [0.1, 0.15) is 35.7 Å². The van der Waals surface area contributed by atoms with E-state index in [9.17, 15) is 18.3 Å². The van der Waals surface area contributed by atoms with Gasteiger partial charge in [-0.25, -0.2) is 18.4 Å². The van der Waals surface area contributed by atoms with Crippen molar-refractivity contribution in [2.75, 3.05) is 0 Å². The molecule has 0 aliphatic carbocycles. The van der Waals surface area contributed by atoms with Crippen molar-refractivity contribution in [3.05, 3.63) is 53.6 Å². The SMILES string of the molecule is CCCC(=N)c1cc(C(=O)O)cc(S(N)(=O)=O)c1Oc1ccccc1. The third-order valence-electron chi connectivity index (χ3n) is 3.40. The van der Waals surface area contributed by atoms with Crippen molar-refractivity contribution < 1.29 is 23.1 Å². The standard InChI is InChI=1S/C17H18N2O5S/c1-2-6-14(18)13-9-11(17(20)21)10-15(25(19,22)23)16(13)24-12-7-4-3-5-8-12/h3-5,7-10,18H,2,6H2,1H3,(H,20,21)(H2,19,22,23). The van der Waals surface area contributed by atoms with Crippen LogP contribution in [0.3, 0.4) is 0 Å². The van der Waals surface area contributed by atoms with E-state index < -0.39 is 20.9 Å². The summed E-state index contributed by atoms with van der Waals surface area (Å²) in [5.74, 6) is -1.11. The van der Waals surface area contributed by atoms with Gasteiger partial charge in [0.05, 0.1) is 5.56 Å². The zero-order valence-corrected chi connectivity index (χ0v) is 14.3. The molecule has 0 radical (unpaired) electrons. The Bertz CT molecular complexity index is 908. The molecule has 0 atom stereocenters. The second-order valence-corrected chi connectivity index (χ2v) is 6.87. The molecule has 0 fully saturated rings. The van der Waals surface area contributed by atoms with Crippen LogP contribution in [0.5, 0.6) is 11.5 Å². The smallest absolute Gasteiger partial charge is 0.335 e. The molecule has 8 heteroatoms. The largest absolute Gasteiger partial charge is 0.478 e. The minimum absolute atomic E-state index is 0.0708. The average Bonchev–Trinajstić information content (AvgIpc) is 2.54. The van der Waals surface area contributed by atoms with Gasteiger partial charge in [-0.3, -0.25) is 0 Å². The number of hydrogen-bond donors (Lipinski definition) is 3. The third-order valence-corrected chi connectivity index (χ3v) is 4.31. The minimum atomic E-state index is -4.27. The van der Waals surface area contributed by atoms with Crippen LogP contribution in [-0.2, 0) is 10.0 Å². The maximum absolute atomic E-state index is 12.0. The first-order valence-corrected chi connectivity index (χ1v) is 9.03. The monoisotopic (exact) mass is 362 g/mol. The number of aromatic carboxylic acids is 1. The van der Waals surface area contributed by atoms with Crippen LogP contribution in [0, 0.1) is 5.41 Å². The average molecular weight is 362 g/mol. The maximum Gasteiger partial charge on any atom is 0.335 e. The van der Waals surface area contributed by atoms with Crippen molar-refractivity contribution >= 4 is 21.7 Å². The van der Waals surface area contributed by atoms with E-state index in [1.54, 1.807) is 30.3 Å². The van der Waals surface area contributed by atoms with E-state index in [1.165, 1.54) is 6.07 Å². The lowest BCUT2D eigenvalue weighted by Crippen LogP contribution is -2.17. The fraction of sp³-hybridized carbons (Fsp3) is 0.176. The fourth-order valence-electron chi connectivity index (χ4n) is 2.26. The van der Waals surface area contributed by atoms with Gasteiger partial charge >= 0.3 is 5.97 Å². The summed E-state index contributed by atoms with van der Waals surface area (Å²) in [6.07, 6.45) is 0.962. The van der Waals surface area contributed by atoms with Crippen LogP contribution in [0.2, 0.25) is 0 Å². The molecule has 0 spiro atoms. The fourth-order valence-corrected chi connectivity index (χ4v) is 2.96. The molecule has 0 heterocycles. The molecule has 4 N–H and O–H groups in total. The van der Waals surface area contributed by atoms with Crippen molar-refractivity contribution in [2.24, 2.45) is 5.14 Å². The number of sulfonamides is 1. The number of primary sulfonamides is 1. The molecule has 132 valence electrons. The summed E-state index contributed by atoms with van der Waals surface area (Å²) in [4.78, 5) is 10.9. The van der Waals surface area contributed by atoms with E-state index in [4.69, 9.17) is 15.3 Å².